The molecule has 0 unspecified atom stereocenters. The Morgan fingerprint density at radius 2 is 1.81 bits per heavy atom. The fourth-order valence-electron chi connectivity index (χ4n) is 2.07. The number of amides is 3. The number of methoxy groups -OCH3 is 2. The Labute approximate surface area is 149 Å². The molecule has 0 atom stereocenters. The van der Waals surface area contributed by atoms with Crippen LogP contribution >= 0.6 is 0 Å². The van der Waals surface area contributed by atoms with Gasteiger partial charge in [0.15, 0.2) is 11.5 Å². The Balaban J connectivity index is 2.40. The summed E-state index contributed by atoms with van der Waals surface area (Å²) < 4.78 is 46.3. The second-order valence-electron chi connectivity index (χ2n) is 5.52. The maximum absolute atomic E-state index is 12.0. The maximum Gasteiger partial charge on any atom is 0.405 e. The Kier molecular flexibility index (Phi) is 8.17. The standard InChI is InChI=1S/C16H22F3N3O4/c1-22(9-14(23)21-15(24)20-10-16(17,18)19)7-6-11-4-5-12(25-2)13(8-11)26-3/h4-5,8H,6-7,9-10H2,1-3H3,(H2,20,21,23,24). The van der Waals surface area contributed by atoms with Crippen LogP contribution in [-0.4, -0.2) is 63.9 Å². The highest BCUT2D eigenvalue weighted by Gasteiger charge is 2.28. The van der Waals surface area contributed by atoms with Crippen LogP contribution in [0.25, 0.3) is 0 Å². The number of imide groups is 1. The van der Waals surface area contributed by atoms with Gasteiger partial charge in [0.1, 0.15) is 6.54 Å². The quantitative estimate of drug-likeness (QED) is 0.719. The molecule has 0 saturated heterocycles. The van der Waals surface area contributed by atoms with Crippen LogP contribution in [0.1, 0.15) is 5.56 Å². The highest BCUT2D eigenvalue weighted by molar-refractivity contribution is 5.95. The van der Waals surface area contributed by atoms with Gasteiger partial charge in [-0.2, -0.15) is 13.2 Å². The largest absolute Gasteiger partial charge is 0.493 e. The number of alkyl halides is 3. The highest BCUT2D eigenvalue weighted by atomic mass is 19.4. The van der Waals surface area contributed by atoms with Crippen LogP contribution in [0, 0.1) is 0 Å². The summed E-state index contributed by atoms with van der Waals surface area (Å²) in [4.78, 5) is 24.5. The molecule has 1 rings (SSSR count). The van der Waals surface area contributed by atoms with Gasteiger partial charge < -0.3 is 14.8 Å². The average Bonchev–Trinajstić information content (AvgIpc) is 2.57. The number of nitrogens with one attached hydrogen (secondary N) is 2. The second-order valence-corrected chi connectivity index (χ2v) is 5.52. The number of hydrogen-bond acceptors (Lipinski definition) is 5. The predicted molar refractivity (Wildman–Crippen MR) is 88.3 cm³/mol. The molecule has 146 valence electrons. The lowest BCUT2D eigenvalue weighted by Gasteiger charge is -2.17. The predicted octanol–water partition coefficient (Wildman–Crippen LogP) is 1.57. The summed E-state index contributed by atoms with van der Waals surface area (Å²) in [7, 11) is 4.73. The Morgan fingerprint density at radius 3 is 2.38 bits per heavy atom. The fraction of sp³-hybridized carbons (Fsp3) is 0.500. The summed E-state index contributed by atoms with van der Waals surface area (Å²) in [5, 5.41) is 3.42. The first-order valence-electron chi connectivity index (χ1n) is 7.68. The minimum atomic E-state index is -4.53. The van der Waals surface area contributed by atoms with Crippen molar-refractivity contribution in [3.63, 3.8) is 0 Å². The van der Waals surface area contributed by atoms with Gasteiger partial charge in [-0.1, -0.05) is 6.07 Å². The lowest BCUT2D eigenvalue weighted by Crippen LogP contribution is -2.46. The molecule has 0 aliphatic carbocycles. The van der Waals surface area contributed by atoms with Gasteiger partial charge in [0, 0.05) is 6.54 Å². The van der Waals surface area contributed by atoms with Crippen LogP contribution in [0.4, 0.5) is 18.0 Å². The number of carbonyl (C=O) groups is 2. The molecule has 0 radical (unpaired) electrons. The van der Waals surface area contributed by atoms with Crippen molar-refractivity contribution >= 4 is 11.9 Å². The average molecular weight is 377 g/mol. The second kappa shape index (κ2) is 9.85. The Bertz CT molecular complexity index is 623. The monoisotopic (exact) mass is 377 g/mol. The summed E-state index contributed by atoms with van der Waals surface area (Å²) in [5.41, 5.74) is 0.956. The number of carbonyl (C=O) groups excluding carboxylic acids is 2. The molecular formula is C16H22F3N3O4. The summed E-state index contributed by atoms with van der Waals surface area (Å²) >= 11 is 0. The van der Waals surface area contributed by atoms with Crippen molar-refractivity contribution in [1.82, 2.24) is 15.5 Å². The first kappa shape index (κ1) is 21.6. The van der Waals surface area contributed by atoms with Crippen LogP contribution in [0.5, 0.6) is 11.5 Å². The molecule has 0 bridgehead atoms. The van der Waals surface area contributed by atoms with Gasteiger partial charge in [-0.05, 0) is 31.2 Å². The zero-order chi connectivity index (χ0) is 19.7. The smallest absolute Gasteiger partial charge is 0.405 e. The van der Waals surface area contributed by atoms with Crippen LogP contribution in [-0.2, 0) is 11.2 Å². The van der Waals surface area contributed by atoms with Crippen LogP contribution < -0.4 is 20.1 Å². The molecule has 7 nitrogen and oxygen atoms in total. The van der Waals surface area contributed by atoms with E-state index in [-0.39, 0.29) is 6.54 Å². The molecule has 2 N–H and O–H groups in total. The molecule has 0 aliphatic heterocycles. The SMILES string of the molecule is COc1ccc(CCN(C)CC(=O)NC(=O)NCC(F)(F)F)cc1OC. The van der Waals surface area contributed by atoms with Crippen LogP contribution in [0.3, 0.4) is 0 Å². The van der Waals surface area contributed by atoms with Crippen molar-refractivity contribution in [3.8, 4) is 11.5 Å². The van der Waals surface area contributed by atoms with Gasteiger partial charge in [0.05, 0.1) is 20.8 Å². The van der Waals surface area contributed by atoms with E-state index in [1.54, 1.807) is 23.3 Å². The number of benzene rings is 1. The highest BCUT2D eigenvalue weighted by Crippen LogP contribution is 2.27. The van der Waals surface area contributed by atoms with Gasteiger partial charge in [0.25, 0.3) is 0 Å². The number of nitrogens with zero attached hydrogens (tertiary/aromatic N) is 1. The molecule has 10 heteroatoms. The van der Waals surface area contributed by atoms with E-state index in [1.807, 2.05) is 17.4 Å². The van der Waals surface area contributed by atoms with E-state index in [0.29, 0.717) is 24.5 Å². The molecule has 26 heavy (non-hydrogen) atoms. The number of rotatable bonds is 8. The lowest BCUT2D eigenvalue weighted by atomic mass is 10.1. The van der Waals surface area contributed by atoms with Gasteiger partial charge in [-0.15, -0.1) is 0 Å². The minimum absolute atomic E-state index is 0.132. The van der Waals surface area contributed by atoms with Crippen molar-refractivity contribution < 1.29 is 32.2 Å². The van der Waals surface area contributed by atoms with E-state index in [1.165, 1.54) is 14.2 Å². The molecular weight excluding hydrogens is 355 g/mol. The molecule has 0 fully saturated rings. The van der Waals surface area contributed by atoms with E-state index < -0.39 is 24.7 Å². The van der Waals surface area contributed by atoms with E-state index >= 15 is 0 Å². The lowest BCUT2D eigenvalue weighted by molar-refractivity contribution is -0.125. The van der Waals surface area contributed by atoms with Gasteiger partial charge in [-0.25, -0.2) is 4.79 Å². The number of likely N-dealkylation sites (N-methyl/N-ethyl adjacent to an activating group) is 1. The topological polar surface area (TPSA) is 79.9 Å². The van der Waals surface area contributed by atoms with E-state index in [4.69, 9.17) is 9.47 Å². The molecule has 0 saturated carbocycles. The van der Waals surface area contributed by atoms with Crippen molar-refractivity contribution in [3.05, 3.63) is 23.8 Å². The first-order valence-corrected chi connectivity index (χ1v) is 7.68. The van der Waals surface area contributed by atoms with E-state index in [2.05, 4.69) is 0 Å². The first-order chi connectivity index (χ1) is 12.1. The fourth-order valence-corrected chi connectivity index (χ4v) is 2.07. The van der Waals surface area contributed by atoms with Gasteiger partial charge in [-0.3, -0.25) is 15.0 Å². The maximum atomic E-state index is 12.0. The van der Waals surface area contributed by atoms with Crippen molar-refractivity contribution in [2.45, 2.75) is 12.6 Å². The summed E-state index contributed by atoms with van der Waals surface area (Å²) in [6, 6.07) is 4.27. The van der Waals surface area contributed by atoms with Gasteiger partial charge in [0.2, 0.25) is 5.91 Å². The normalized spacial score (nSPS) is 11.2. The summed E-state index contributed by atoms with van der Waals surface area (Å²) in [5.74, 6) is 0.500. The minimum Gasteiger partial charge on any atom is -0.493 e. The Hall–Kier alpha value is -2.49. The molecule has 3 amide bonds. The van der Waals surface area contributed by atoms with Crippen LogP contribution in [0.15, 0.2) is 18.2 Å². The molecule has 0 aromatic heterocycles. The van der Waals surface area contributed by atoms with E-state index in [9.17, 15) is 22.8 Å². The Morgan fingerprint density at radius 1 is 1.15 bits per heavy atom. The zero-order valence-electron chi connectivity index (χ0n) is 14.8. The van der Waals surface area contributed by atoms with E-state index in [0.717, 1.165) is 5.56 Å². The number of hydrogen-bond donors (Lipinski definition) is 2. The van der Waals surface area contributed by atoms with Crippen LogP contribution in [0.2, 0.25) is 0 Å². The summed E-state index contributed by atoms with van der Waals surface area (Å²) in [6.45, 7) is -1.14. The van der Waals surface area contributed by atoms with Gasteiger partial charge >= 0.3 is 12.2 Å². The molecule has 0 heterocycles. The van der Waals surface area contributed by atoms with Crippen molar-refractivity contribution in [1.29, 1.82) is 0 Å². The third kappa shape index (κ3) is 8.06. The summed E-state index contributed by atoms with van der Waals surface area (Å²) in [6.07, 6.45) is -3.93. The molecule has 0 spiro atoms. The molecule has 1 aromatic rings. The molecule has 0 aliphatic rings. The number of urea groups is 1. The zero-order valence-corrected chi connectivity index (χ0v) is 14.8. The third-order valence-electron chi connectivity index (χ3n) is 3.35. The van der Waals surface area contributed by atoms with Crippen molar-refractivity contribution in [2.75, 3.05) is 40.9 Å². The van der Waals surface area contributed by atoms with Crippen molar-refractivity contribution in [2.24, 2.45) is 0 Å². The number of halogens is 3. The number of ether oxygens (including phenoxy) is 2. The third-order valence-corrected chi connectivity index (χ3v) is 3.35. The molecule has 1 aromatic carbocycles.